The first-order valence-electron chi connectivity index (χ1n) is 9.81. The van der Waals surface area contributed by atoms with Gasteiger partial charge in [-0.2, -0.15) is 0 Å². The molecule has 1 unspecified atom stereocenters. The van der Waals surface area contributed by atoms with Gasteiger partial charge < -0.3 is 15.4 Å². The molecule has 2 amide bonds. The Bertz CT molecular complexity index is 754. The first kappa shape index (κ1) is 21.5. The van der Waals surface area contributed by atoms with Crippen molar-refractivity contribution in [2.24, 2.45) is 0 Å². The fraction of sp³-hybridized carbons (Fsp3) is 0.391. The Morgan fingerprint density at radius 3 is 2.25 bits per heavy atom. The summed E-state index contributed by atoms with van der Waals surface area (Å²) in [6.45, 7) is 3.64. The molecule has 150 valence electrons. The van der Waals surface area contributed by atoms with Crippen LogP contribution in [0, 0.1) is 0 Å². The van der Waals surface area contributed by atoms with Crippen molar-refractivity contribution >= 4 is 17.5 Å². The van der Waals surface area contributed by atoms with Crippen molar-refractivity contribution in [3.8, 4) is 5.75 Å². The van der Waals surface area contributed by atoms with Gasteiger partial charge in [-0.3, -0.25) is 9.59 Å². The third kappa shape index (κ3) is 7.06. The normalized spacial score (nSPS) is 11.5. The second kappa shape index (κ2) is 11.1. The number of rotatable bonds is 10. The molecule has 0 aromatic heterocycles. The molecule has 5 nitrogen and oxygen atoms in total. The van der Waals surface area contributed by atoms with Crippen LogP contribution in [0.1, 0.15) is 56.7 Å². The highest BCUT2D eigenvalue weighted by Crippen LogP contribution is 2.21. The molecular formula is C23H30N2O3. The summed E-state index contributed by atoms with van der Waals surface area (Å²) in [5, 5.41) is 5.77. The van der Waals surface area contributed by atoms with E-state index in [0.717, 1.165) is 23.4 Å². The summed E-state index contributed by atoms with van der Waals surface area (Å²) < 4.78 is 5.16. The molecule has 1 atom stereocenters. The predicted molar refractivity (Wildman–Crippen MR) is 112 cm³/mol. The zero-order valence-electron chi connectivity index (χ0n) is 17.0. The van der Waals surface area contributed by atoms with Gasteiger partial charge in [0.15, 0.2) is 0 Å². The summed E-state index contributed by atoms with van der Waals surface area (Å²) in [6.07, 6.45) is 4.84. The van der Waals surface area contributed by atoms with Gasteiger partial charge >= 0.3 is 0 Å². The molecule has 2 aromatic carbocycles. The molecule has 0 bridgehead atoms. The topological polar surface area (TPSA) is 67.4 Å². The fourth-order valence-electron chi connectivity index (χ4n) is 3.07. The molecule has 0 saturated carbocycles. The van der Waals surface area contributed by atoms with Gasteiger partial charge in [-0.1, -0.05) is 44.0 Å². The van der Waals surface area contributed by atoms with E-state index < -0.39 is 6.04 Å². The fourth-order valence-corrected chi connectivity index (χ4v) is 3.07. The van der Waals surface area contributed by atoms with E-state index in [1.165, 1.54) is 31.7 Å². The summed E-state index contributed by atoms with van der Waals surface area (Å²) in [6, 6.07) is 14.9. The summed E-state index contributed by atoms with van der Waals surface area (Å²) in [4.78, 5) is 24.1. The van der Waals surface area contributed by atoms with Crippen LogP contribution in [0.2, 0.25) is 0 Å². The molecule has 28 heavy (non-hydrogen) atoms. The van der Waals surface area contributed by atoms with E-state index in [2.05, 4.69) is 29.7 Å². The minimum atomic E-state index is -0.392. The molecule has 2 rings (SSSR count). The molecule has 2 aromatic rings. The van der Waals surface area contributed by atoms with Crippen molar-refractivity contribution in [1.29, 1.82) is 0 Å². The third-order valence-electron chi connectivity index (χ3n) is 4.59. The van der Waals surface area contributed by atoms with Crippen LogP contribution in [0.5, 0.6) is 5.75 Å². The Hall–Kier alpha value is -2.82. The van der Waals surface area contributed by atoms with E-state index in [-0.39, 0.29) is 18.2 Å². The lowest BCUT2D eigenvalue weighted by Gasteiger charge is -2.18. The number of amides is 2. The van der Waals surface area contributed by atoms with Crippen LogP contribution in [0.4, 0.5) is 5.69 Å². The van der Waals surface area contributed by atoms with Crippen LogP contribution in [-0.4, -0.2) is 18.9 Å². The van der Waals surface area contributed by atoms with E-state index in [9.17, 15) is 9.59 Å². The lowest BCUT2D eigenvalue weighted by atomic mass is 10.0. The number of carbonyl (C=O) groups is 2. The average molecular weight is 383 g/mol. The molecule has 0 spiro atoms. The summed E-state index contributed by atoms with van der Waals surface area (Å²) in [5.74, 6) is 0.409. The smallest absolute Gasteiger partial charge is 0.226 e. The van der Waals surface area contributed by atoms with E-state index >= 15 is 0 Å². The van der Waals surface area contributed by atoms with Crippen molar-refractivity contribution in [3.05, 3.63) is 59.7 Å². The maximum absolute atomic E-state index is 12.5. The van der Waals surface area contributed by atoms with Crippen LogP contribution in [0.3, 0.4) is 0 Å². The van der Waals surface area contributed by atoms with Gasteiger partial charge in [-0.05, 0) is 48.2 Å². The zero-order chi connectivity index (χ0) is 20.4. The van der Waals surface area contributed by atoms with Gasteiger partial charge in [-0.15, -0.1) is 0 Å². The lowest BCUT2D eigenvalue weighted by Crippen LogP contribution is -2.29. The molecule has 2 N–H and O–H groups in total. The van der Waals surface area contributed by atoms with Crippen LogP contribution in [0.15, 0.2) is 48.5 Å². The number of hydrogen-bond donors (Lipinski definition) is 2. The largest absolute Gasteiger partial charge is 0.497 e. The quantitative estimate of drug-likeness (QED) is 0.589. The van der Waals surface area contributed by atoms with Crippen LogP contribution in [-0.2, 0) is 16.0 Å². The maximum atomic E-state index is 12.5. The van der Waals surface area contributed by atoms with E-state index in [0.29, 0.717) is 0 Å². The Morgan fingerprint density at radius 1 is 1.00 bits per heavy atom. The number of methoxy groups -OCH3 is 1. The molecular weight excluding hydrogens is 352 g/mol. The number of unbranched alkanes of at least 4 members (excludes halogenated alkanes) is 2. The van der Waals surface area contributed by atoms with Crippen molar-refractivity contribution < 1.29 is 14.3 Å². The molecule has 5 heteroatoms. The lowest BCUT2D eigenvalue weighted by molar-refractivity contribution is -0.120. The number of hydrogen-bond acceptors (Lipinski definition) is 3. The van der Waals surface area contributed by atoms with Gasteiger partial charge in [0.05, 0.1) is 19.6 Å². The Labute approximate surface area is 167 Å². The molecule has 0 radical (unpaired) electrons. The molecule has 0 heterocycles. The van der Waals surface area contributed by atoms with Gasteiger partial charge in [0.25, 0.3) is 0 Å². The predicted octanol–water partition coefficient (Wildman–Crippen LogP) is 4.63. The van der Waals surface area contributed by atoms with Gasteiger partial charge in [0.1, 0.15) is 5.75 Å². The second-order valence-corrected chi connectivity index (χ2v) is 6.93. The SMILES string of the molecule is CCCCCc1ccc(NC(=O)CC(NC(C)=O)c2ccc(OC)cc2)cc1. The monoisotopic (exact) mass is 382 g/mol. The number of benzene rings is 2. The highest BCUT2D eigenvalue weighted by Gasteiger charge is 2.17. The van der Waals surface area contributed by atoms with E-state index in [4.69, 9.17) is 4.74 Å². The van der Waals surface area contributed by atoms with Gasteiger partial charge in [0.2, 0.25) is 11.8 Å². The highest BCUT2D eigenvalue weighted by molar-refractivity contribution is 5.91. The Kier molecular flexibility index (Phi) is 8.53. The summed E-state index contributed by atoms with van der Waals surface area (Å²) >= 11 is 0. The van der Waals surface area contributed by atoms with Crippen molar-refractivity contribution in [2.45, 2.75) is 52.0 Å². The van der Waals surface area contributed by atoms with Crippen LogP contribution in [0.25, 0.3) is 0 Å². The highest BCUT2D eigenvalue weighted by atomic mass is 16.5. The second-order valence-electron chi connectivity index (χ2n) is 6.93. The number of ether oxygens (including phenoxy) is 1. The van der Waals surface area contributed by atoms with E-state index in [1.54, 1.807) is 7.11 Å². The number of nitrogens with one attached hydrogen (secondary N) is 2. The average Bonchev–Trinajstić information content (AvgIpc) is 2.69. The summed E-state index contributed by atoms with van der Waals surface area (Å²) in [7, 11) is 1.60. The maximum Gasteiger partial charge on any atom is 0.226 e. The minimum Gasteiger partial charge on any atom is -0.497 e. The molecule has 0 aliphatic carbocycles. The van der Waals surface area contributed by atoms with Crippen LogP contribution < -0.4 is 15.4 Å². The first-order valence-corrected chi connectivity index (χ1v) is 9.81. The Morgan fingerprint density at radius 2 is 1.68 bits per heavy atom. The van der Waals surface area contributed by atoms with Gasteiger partial charge in [-0.25, -0.2) is 0 Å². The Balaban J connectivity index is 1.97. The van der Waals surface area contributed by atoms with Gasteiger partial charge in [0, 0.05) is 12.6 Å². The third-order valence-corrected chi connectivity index (χ3v) is 4.59. The number of anilines is 1. The van der Waals surface area contributed by atoms with E-state index in [1.807, 2.05) is 36.4 Å². The minimum absolute atomic E-state index is 0.145. The van der Waals surface area contributed by atoms with Crippen molar-refractivity contribution in [2.75, 3.05) is 12.4 Å². The molecule has 0 aliphatic heterocycles. The molecule has 0 aliphatic rings. The number of carbonyl (C=O) groups excluding carboxylic acids is 2. The molecule has 0 saturated heterocycles. The van der Waals surface area contributed by atoms with Crippen molar-refractivity contribution in [1.82, 2.24) is 5.32 Å². The zero-order valence-corrected chi connectivity index (χ0v) is 17.0. The standard InChI is InChI=1S/C23H30N2O3/c1-4-5-6-7-18-8-12-20(13-9-18)25-23(27)16-22(24-17(2)26)19-10-14-21(28-3)15-11-19/h8-15,22H,4-7,16H2,1-3H3,(H,24,26)(H,25,27). The number of aryl methyl sites for hydroxylation is 1. The first-order chi connectivity index (χ1) is 13.5. The molecule has 0 fully saturated rings. The van der Waals surface area contributed by atoms with Crippen molar-refractivity contribution in [3.63, 3.8) is 0 Å². The summed E-state index contributed by atoms with van der Waals surface area (Å²) in [5.41, 5.74) is 2.90. The van der Waals surface area contributed by atoms with Crippen LogP contribution >= 0.6 is 0 Å².